The molecule has 3 atom stereocenters. The lowest BCUT2D eigenvalue weighted by atomic mass is 10.2. The van der Waals surface area contributed by atoms with Gasteiger partial charge in [0.05, 0.1) is 6.61 Å². The monoisotopic (exact) mass is 133 g/mol. The van der Waals surface area contributed by atoms with Gasteiger partial charge in [0.15, 0.2) is 0 Å². The maximum atomic E-state index is 8.89. The quantitative estimate of drug-likeness (QED) is 0.397. The third kappa shape index (κ3) is 1.21. The maximum Gasteiger partial charge on any atom is 0.115 e. The van der Waals surface area contributed by atoms with Gasteiger partial charge >= 0.3 is 0 Å². The molecule has 1 rings (SSSR count). The lowest BCUT2D eigenvalue weighted by molar-refractivity contribution is -0.00317. The van der Waals surface area contributed by atoms with E-state index in [0.29, 0.717) is 0 Å². The molecule has 4 nitrogen and oxygen atoms in total. The zero-order valence-electron chi connectivity index (χ0n) is 4.77. The fraction of sp³-hybridized carbons (Fsp3) is 0.800. The Kier molecular flexibility index (Phi) is 2.02. The van der Waals surface area contributed by atoms with Crippen molar-refractivity contribution in [3.63, 3.8) is 0 Å². The summed E-state index contributed by atoms with van der Waals surface area (Å²) in [6.45, 7) is 0.848. The fourth-order valence-corrected chi connectivity index (χ4v) is 0.713. The summed E-state index contributed by atoms with van der Waals surface area (Å²) in [5, 5.41) is 26.1. The van der Waals surface area contributed by atoms with Gasteiger partial charge in [0.25, 0.3) is 0 Å². The summed E-state index contributed by atoms with van der Waals surface area (Å²) in [7, 11) is 0. The van der Waals surface area contributed by atoms with Gasteiger partial charge in [0.2, 0.25) is 0 Å². The van der Waals surface area contributed by atoms with Crippen molar-refractivity contribution in [2.75, 3.05) is 6.61 Å². The van der Waals surface area contributed by atoms with Crippen LogP contribution >= 0.6 is 0 Å². The molecule has 1 saturated heterocycles. The van der Waals surface area contributed by atoms with E-state index in [4.69, 9.17) is 15.3 Å². The Morgan fingerprint density at radius 2 is 2.11 bits per heavy atom. The second-order valence-electron chi connectivity index (χ2n) is 1.97. The van der Waals surface area contributed by atoms with Crippen LogP contribution in [-0.4, -0.2) is 40.2 Å². The van der Waals surface area contributed by atoms with Crippen molar-refractivity contribution in [1.29, 1.82) is 0 Å². The van der Waals surface area contributed by atoms with Gasteiger partial charge < -0.3 is 20.1 Å². The molecule has 0 saturated carbocycles. The van der Waals surface area contributed by atoms with Gasteiger partial charge in [-0.05, 0) is 0 Å². The van der Waals surface area contributed by atoms with E-state index in [9.17, 15) is 0 Å². The molecule has 1 heterocycles. The van der Waals surface area contributed by atoms with Crippen LogP contribution in [0.25, 0.3) is 0 Å². The largest absolute Gasteiger partial charge is 0.394 e. The Bertz CT molecular complexity index is 95.0. The Hall–Kier alpha value is -0.160. The first-order chi connectivity index (χ1) is 4.25. The van der Waals surface area contributed by atoms with Crippen LogP contribution in [-0.2, 0) is 4.74 Å². The van der Waals surface area contributed by atoms with E-state index in [-0.39, 0.29) is 6.61 Å². The van der Waals surface area contributed by atoms with E-state index >= 15 is 0 Å². The van der Waals surface area contributed by atoms with Crippen LogP contribution in [0.5, 0.6) is 0 Å². The first-order valence-corrected chi connectivity index (χ1v) is 2.71. The number of hydrogen-bond acceptors (Lipinski definition) is 4. The van der Waals surface area contributed by atoms with Gasteiger partial charge in [0, 0.05) is 0 Å². The lowest BCUT2D eigenvalue weighted by Crippen LogP contribution is -2.31. The van der Waals surface area contributed by atoms with E-state index in [2.05, 4.69) is 4.74 Å². The predicted octanol–water partition coefficient (Wildman–Crippen LogP) is -1.74. The van der Waals surface area contributed by atoms with Crippen molar-refractivity contribution in [3.8, 4) is 0 Å². The van der Waals surface area contributed by atoms with E-state index in [1.165, 1.54) is 0 Å². The van der Waals surface area contributed by atoms with Crippen LogP contribution in [0.4, 0.5) is 0 Å². The van der Waals surface area contributed by atoms with E-state index in [0.717, 1.165) is 6.61 Å². The van der Waals surface area contributed by atoms with Gasteiger partial charge in [-0.1, -0.05) is 0 Å². The first-order valence-electron chi connectivity index (χ1n) is 2.71. The maximum absolute atomic E-state index is 8.89. The molecule has 3 N–H and O–H groups in total. The highest BCUT2D eigenvalue weighted by Gasteiger charge is 2.34. The minimum Gasteiger partial charge on any atom is -0.394 e. The highest BCUT2D eigenvalue weighted by atomic mass is 16.5. The van der Waals surface area contributed by atoms with Crippen LogP contribution in [0.2, 0.25) is 0 Å². The standard InChI is InChI=1S/C5H9O4/c6-1-4-5(8)3(7)2-9-4/h2-8H,1H2/t3-,4?,5+/m0/s1. The normalized spacial score (nSPS) is 43.7. The predicted molar refractivity (Wildman–Crippen MR) is 28.3 cm³/mol. The van der Waals surface area contributed by atoms with E-state index in [1.54, 1.807) is 0 Å². The van der Waals surface area contributed by atoms with E-state index < -0.39 is 18.3 Å². The minimum atomic E-state index is -0.977. The second kappa shape index (κ2) is 2.62. The summed E-state index contributed by atoms with van der Waals surface area (Å²) in [5.74, 6) is 0. The molecule has 0 aromatic carbocycles. The number of aliphatic hydroxyl groups is 3. The van der Waals surface area contributed by atoms with Crippen molar-refractivity contribution >= 4 is 0 Å². The third-order valence-electron chi connectivity index (χ3n) is 1.30. The molecule has 1 fully saturated rings. The van der Waals surface area contributed by atoms with Gasteiger partial charge in [-0.15, -0.1) is 0 Å². The summed E-state index contributed by atoms with van der Waals surface area (Å²) in [6.07, 6.45) is -2.59. The number of aliphatic hydroxyl groups excluding tert-OH is 3. The third-order valence-corrected chi connectivity index (χ3v) is 1.30. The number of hydrogen-bond donors (Lipinski definition) is 3. The summed E-state index contributed by atoms with van der Waals surface area (Å²) >= 11 is 0. The van der Waals surface area contributed by atoms with Crippen molar-refractivity contribution in [2.24, 2.45) is 0 Å². The highest BCUT2D eigenvalue weighted by Crippen LogP contribution is 2.16. The molecule has 0 aromatic heterocycles. The Morgan fingerprint density at radius 3 is 2.33 bits per heavy atom. The molecule has 0 aliphatic carbocycles. The van der Waals surface area contributed by atoms with Crippen LogP contribution in [0.1, 0.15) is 0 Å². The van der Waals surface area contributed by atoms with Crippen LogP contribution in [0, 0.1) is 6.61 Å². The van der Waals surface area contributed by atoms with Crippen molar-refractivity contribution in [1.82, 2.24) is 0 Å². The summed E-state index contributed by atoms with van der Waals surface area (Å²) < 4.78 is 4.65. The zero-order valence-corrected chi connectivity index (χ0v) is 4.77. The second-order valence-corrected chi connectivity index (χ2v) is 1.97. The Balaban J connectivity index is 2.41. The van der Waals surface area contributed by atoms with Crippen molar-refractivity contribution < 1.29 is 20.1 Å². The van der Waals surface area contributed by atoms with Crippen molar-refractivity contribution in [3.05, 3.63) is 6.61 Å². The number of ether oxygens (including phenoxy) is 1. The van der Waals surface area contributed by atoms with Crippen LogP contribution in [0.15, 0.2) is 0 Å². The molecule has 0 amide bonds. The highest BCUT2D eigenvalue weighted by molar-refractivity contribution is 4.89. The molecular weight excluding hydrogens is 124 g/mol. The smallest absolute Gasteiger partial charge is 0.115 e. The summed E-state index contributed by atoms with van der Waals surface area (Å²) in [5.41, 5.74) is 0. The molecule has 0 aromatic rings. The first kappa shape index (κ1) is 6.95. The van der Waals surface area contributed by atoms with Crippen LogP contribution < -0.4 is 0 Å². The molecule has 0 bridgehead atoms. The lowest BCUT2D eigenvalue weighted by Gasteiger charge is -2.10. The fourth-order valence-electron chi connectivity index (χ4n) is 0.713. The van der Waals surface area contributed by atoms with Crippen molar-refractivity contribution in [2.45, 2.75) is 18.3 Å². The molecule has 4 heteroatoms. The SMILES string of the molecule is OCC1O[CH][C@H](O)[C@H]1O. The Labute approximate surface area is 52.7 Å². The molecule has 1 aliphatic heterocycles. The molecule has 9 heavy (non-hydrogen) atoms. The van der Waals surface area contributed by atoms with E-state index in [1.807, 2.05) is 0 Å². The van der Waals surface area contributed by atoms with Gasteiger partial charge in [-0.2, -0.15) is 0 Å². The van der Waals surface area contributed by atoms with Gasteiger partial charge in [0.1, 0.15) is 24.9 Å². The van der Waals surface area contributed by atoms with Gasteiger partial charge in [-0.3, -0.25) is 0 Å². The van der Waals surface area contributed by atoms with Crippen LogP contribution in [0.3, 0.4) is 0 Å². The molecular formula is C5H9O4. The topological polar surface area (TPSA) is 69.9 Å². The molecule has 1 aliphatic rings. The summed E-state index contributed by atoms with van der Waals surface area (Å²) in [4.78, 5) is 0. The average Bonchev–Trinajstić information content (AvgIpc) is 2.15. The molecule has 1 radical (unpaired) electrons. The zero-order chi connectivity index (χ0) is 6.85. The molecule has 1 unspecified atom stereocenters. The average molecular weight is 133 g/mol. The van der Waals surface area contributed by atoms with Gasteiger partial charge in [-0.25, -0.2) is 0 Å². The molecule has 53 valence electrons. The molecule has 0 spiro atoms. The Morgan fingerprint density at radius 1 is 1.44 bits per heavy atom. The minimum absolute atomic E-state index is 0.269. The summed E-state index contributed by atoms with van der Waals surface area (Å²) in [6, 6.07) is 0. The number of rotatable bonds is 1.